The Bertz CT molecular complexity index is 643. The molecule has 0 fully saturated rings. The van der Waals surface area contributed by atoms with E-state index in [-0.39, 0.29) is 18.1 Å². The van der Waals surface area contributed by atoms with Crippen LogP contribution in [0.4, 0.5) is 0 Å². The van der Waals surface area contributed by atoms with Crippen LogP contribution in [0.15, 0.2) is 18.1 Å². The fourth-order valence-electron chi connectivity index (χ4n) is 2.26. The lowest BCUT2D eigenvalue weighted by Crippen LogP contribution is -2.21. The number of ketones is 1. The topological polar surface area (TPSA) is 61.8 Å². The van der Waals surface area contributed by atoms with Crippen LogP contribution in [0.3, 0.4) is 0 Å². The van der Waals surface area contributed by atoms with E-state index in [1.54, 1.807) is 0 Å². The van der Waals surface area contributed by atoms with Crippen molar-refractivity contribution in [1.29, 1.82) is 0 Å². The van der Waals surface area contributed by atoms with E-state index in [0.717, 1.165) is 16.7 Å². The predicted molar refractivity (Wildman–Crippen MR) is 80.7 cm³/mol. The molecule has 0 atom stereocenters. The zero-order valence-electron chi connectivity index (χ0n) is 13.3. The number of hydrogen-bond donors (Lipinski definition) is 0. The number of benzene rings is 1. The second kappa shape index (κ2) is 6.64. The molecule has 0 N–H and O–H groups in total. The maximum absolute atomic E-state index is 12.3. The lowest BCUT2D eigenvalue weighted by molar-refractivity contribution is -0.143. The Morgan fingerprint density at radius 1 is 1.09 bits per heavy atom. The van der Waals surface area contributed by atoms with E-state index in [9.17, 15) is 9.59 Å². The Morgan fingerprint density at radius 2 is 1.82 bits per heavy atom. The number of rotatable bonds is 4. The molecule has 5 heteroatoms. The molecule has 0 bridgehead atoms. The minimum atomic E-state index is -0.689. The van der Waals surface area contributed by atoms with Crippen molar-refractivity contribution < 1.29 is 23.8 Å². The normalized spacial score (nSPS) is 13.7. The zero-order valence-corrected chi connectivity index (χ0v) is 13.3. The van der Waals surface area contributed by atoms with Gasteiger partial charge in [0.05, 0.1) is 0 Å². The van der Waals surface area contributed by atoms with Gasteiger partial charge in [0.2, 0.25) is 11.5 Å². The molecule has 0 amide bonds. The monoisotopic (exact) mass is 304 g/mol. The van der Waals surface area contributed by atoms with Gasteiger partial charge in [0.15, 0.2) is 6.61 Å². The SMILES string of the molecule is Cc1cc(C(=O)COC(=O)C2=COCCO2)c(C)c(C)c1C. The van der Waals surface area contributed by atoms with Gasteiger partial charge in [-0.3, -0.25) is 4.79 Å². The molecule has 1 aromatic rings. The van der Waals surface area contributed by atoms with Gasteiger partial charge in [-0.1, -0.05) is 0 Å². The molecular formula is C17H20O5. The molecule has 2 rings (SSSR count). The van der Waals surface area contributed by atoms with E-state index in [0.29, 0.717) is 18.8 Å². The van der Waals surface area contributed by atoms with Crippen molar-refractivity contribution in [3.05, 3.63) is 45.9 Å². The van der Waals surface area contributed by atoms with E-state index >= 15 is 0 Å². The summed E-state index contributed by atoms with van der Waals surface area (Å²) in [4.78, 5) is 24.1. The van der Waals surface area contributed by atoms with Crippen molar-refractivity contribution in [2.24, 2.45) is 0 Å². The fourth-order valence-corrected chi connectivity index (χ4v) is 2.26. The van der Waals surface area contributed by atoms with Gasteiger partial charge in [-0.05, 0) is 56.0 Å². The first-order chi connectivity index (χ1) is 10.4. The van der Waals surface area contributed by atoms with Crippen LogP contribution in [-0.2, 0) is 19.0 Å². The number of Topliss-reactive ketones (excluding diaryl/α,β-unsaturated/α-hetero) is 1. The summed E-state index contributed by atoms with van der Waals surface area (Å²) in [5.41, 5.74) is 4.80. The Hall–Kier alpha value is -2.30. The lowest BCUT2D eigenvalue weighted by Gasteiger charge is -2.15. The largest absolute Gasteiger partial charge is 0.493 e. The molecule has 0 unspecified atom stereocenters. The van der Waals surface area contributed by atoms with Gasteiger partial charge >= 0.3 is 5.97 Å². The van der Waals surface area contributed by atoms with Gasteiger partial charge in [-0.25, -0.2) is 4.79 Å². The van der Waals surface area contributed by atoms with Crippen LogP contribution in [0.5, 0.6) is 0 Å². The number of carbonyl (C=O) groups excluding carboxylic acids is 2. The molecule has 5 nitrogen and oxygen atoms in total. The molecule has 0 aliphatic carbocycles. The Kier molecular flexibility index (Phi) is 4.85. The summed E-state index contributed by atoms with van der Waals surface area (Å²) in [5.74, 6) is -0.923. The van der Waals surface area contributed by atoms with E-state index in [4.69, 9.17) is 14.2 Å². The van der Waals surface area contributed by atoms with Crippen molar-refractivity contribution >= 4 is 11.8 Å². The van der Waals surface area contributed by atoms with Crippen molar-refractivity contribution in [3.8, 4) is 0 Å². The van der Waals surface area contributed by atoms with Gasteiger partial charge in [0.1, 0.15) is 19.5 Å². The third-order valence-corrected chi connectivity index (χ3v) is 3.97. The summed E-state index contributed by atoms with van der Waals surface area (Å²) in [7, 11) is 0. The molecule has 118 valence electrons. The Morgan fingerprint density at radius 3 is 2.45 bits per heavy atom. The first kappa shape index (κ1) is 16.1. The molecule has 1 heterocycles. The minimum Gasteiger partial charge on any atom is -0.493 e. The molecular weight excluding hydrogens is 284 g/mol. The average Bonchev–Trinajstić information content (AvgIpc) is 2.54. The standard InChI is InChI=1S/C17H20O5/c1-10-7-14(13(4)12(3)11(10)2)15(18)8-22-17(19)16-9-20-5-6-21-16/h7,9H,5-6,8H2,1-4H3. The fraction of sp³-hybridized carbons (Fsp3) is 0.412. The third-order valence-electron chi connectivity index (χ3n) is 3.97. The molecule has 22 heavy (non-hydrogen) atoms. The second-order valence-electron chi connectivity index (χ2n) is 5.32. The molecule has 0 spiro atoms. The number of esters is 1. The van der Waals surface area contributed by atoms with Crippen molar-refractivity contribution in [2.75, 3.05) is 19.8 Å². The van der Waals surface area contributed by atoms with Crippen LogP contribution in [0.25, 0.3) is 0 Å². The summed E-state index contributed by atoms with van der Waals surface area (Å²) in [6.45, 7) is 8.25. The van der Waals surface area contributed by atoms with E-state index in [1.165, 1.54) is 11.8 Å². The molecule has 0 radical (unpaired) electrons. The van der Waals surface area contributed by atoms with Gasteiger partial charge in [-0.2, -0.15) is 0 Å². The first-order valence-corrected chi connectivity index (χ1v) is 7.14. The summed E-state index contributed by atoms with van der Waals surface area (Å²) < 4.78 is 15.1. The van der Waals surface area contributed by atoms with E-state index in [1.807, 2.05) is 33.8 Å². The molecule has 1 aliphatic rings. The van der Waals surface area contributed by atoms with Gasteiger partial charge in [0, 0.05) is 5.56 Å². The van der Waals surface area contributed by atoms with Crippen LogP contribution in [0, 0.1) is 27.7 Å². The summed E-state index contributed by atoms with van der Waals surface area (Å²) >= 11 is 0. The smallest absolute Gasteiger partial charge is 0.377 e. The highest BCUT2D eigenvalue weighted by atomic mass is 16.6. The summed E-state index contributed by atoms with van der Waals surface area (Å²) in [6, 6.07) is 1.84. The maximum Gasteiger partial charge on any atom is 0.377 e. The van der Waals surface area contributed by atoms with Crippen molar-refractivity contribution in [1.82, 2.24) is 0 Å². The van der Waals surface area contributed by atoms with Crippen LogP contribution in [0.1, 0.15) is 32.6 Å². The zero-order chi connectivity index (χ0) is 16.3. The predicted octanol–water partition coefficient (Wildman–Crippen LogP) is 2.53. The average molecular weight is 304 g/mol. The van der Waals surface area contributed by atoms with Gasteiger partial charge < -0.3 is 14.2 Å². The number of carbonyl (C=O) groups is 2. The molecule has 0 aromatic heterocycles. The van der Waals surface area contributed by atoms with E-state index < -0.39 is 5.97 Å². The highest BCUT2D eigenvalue weighted by Crippen LogP contribution is 2.21. The van der Waals surface area contributed by atoms with Crippen LogP contribution in [-0.4, -0.2) is 31.6 Å². The van der Waals surface area contributed by atoms with Crippen LogP contribution >= 0.6 is 0 Å². The van der Waals surface area contributed by atoms with Gasteiger partial charge in [-0.15, -0.1) is 0 Å². The van der Waals surface area contributed by atoms with Crippen LogP contribution < -0.4 is 0 Å². The maximum atomic E-state index is 12.3. The lowest BCUT2D eigenvalue weighted by atomic mass is 9.93. The molecule has 0 saturated carbocycles. The summed E-state index contributed by atoms with van der Waals surface area (Å²) in [6.07, 6.45) is 1.21. The molecule has 0 saturated heterocycles. The Balaban J connectivity index is 2.07. The van der Waals surface area contributed by atoms with Crippen LogP contribution in [0.2, 0.25) is 0 Å². The highest BCUT2D eigenvalue weighted by Gasteiger charge is 2.20. The minimum absolute atomic E-state index is 0.00737. The molecule has 1 aliphatic heterocycles. The first-order valence-electron chi connectivity index (χ1n) is 7.14. The van der Waals surface area contributed by atoms with E-state index in [2.05, 4.69) is 0 Å². The number of hydrogen-bond acceptors (Lipinski definition) is 5. The second-order valence-corrected chi connectivity index (χ2v) is 5.32. The van der Waals surface area contributed by atoms with Crippen molar-refractivity contribution in [2.45, 2.75) is 27.7 Å². The molecule has 1 aromatic carbocycles. The quantitative estimate of drug-likeness (QED) is 0.632. The third kappa shape index (κ3) is 3.30. The summed E-state index contributed by atoms with van der Waals surface area (Å²) in [5, 5.41) is 0. The number of ether oxygens (including phenoxy) is 3. The highest BCUT2D eigenvalue weighted by molar-refractivity contribution is 6.00. The Labute approximate surface area is 129 Å². The van der Waals surface area contributed by atoms with Gasteiger partial charge in [0.25, 0.3) is 0 Å². The van der Waals surface area contributed by atoms with Crippen molar-refractivity contribution in [3.63, 3.8) is 0 Å². The number of aryl methyl sites for hydroxylation is 1.